The van der Waals surface area contributed by atoms with Crippen LogP contribution in [0.2, 0.25) is 0 Å². The summed E-state index contributed by atoms with van der Waals surface area (Å²) < 4.78 is 0.332. The molecule has 0 saturated heterocycles. The van der Waals surface area contributed by atoms with E-state index in [1.807, 2.05) is 25.1 Å². The van der Waals surface area contributed by atoms with E-state index < -0.39 is 0 Å². The highest BCUT2D eigenvalue weighted by Crippen LogP contribution is 2.45. The first-order chi connectivity index (χ1) is 10.5. The number of nitrogens with zero attached hydrogens (tertiary/aromatic N) is 3. The van der Waals surface area contributed by atoms with Crippen LogP contribution in [0, 0.1) is 11.8 Å². The van der Waals surface area contributed by atoms with Crippen LogP contribution >= 0.6 is 12.2 Å². The number of pyridine rings is 1. The monoisotopic (exact) mass is 317 g/mol. The van der Waals surface area contributed by atoms with E-state index in [4.69, 9.17) is 23.1 Å². The summed E-state index contributed by atoms with van der Waals surface area (Å²) in [5, 5.41) is 5.41. The van der Waals surface area contributed by atoms with E-state index in [9.17, 15) is 0 Å². The molecule has 2 unspecified atom stereocenters. The van der Waals surface area contributed by atoms with Crippen molar-refractivity contribution in [3.05, 3.63) is 30.1 Å². The van der Waals surface area contributed by atoms with E-state index in [-0.39, 0.29) is 0 Å². The van der Waals surface area contributed by atoms with E-state index in [1.165, 1.54) is 32.1 Å². The summed E-state index contributed by atoms with van der Waals surface area (Å²) in [7, 11) is 2.07. The molecule has 4 nitrogen and oxygen atoms in total. The molecular weight excluding hydrogens is 292 g/mol. The zero-order chi connectivity index (χ0) is 15.7. The molecular formula is C17H25N4S+. The minimum atomic E-state index is 0.332. The number of rotatable bonds is 3. The van der Waals surface area contributed by atoms with E-state index >= 15 is 0 Å². The molecule has 3 fully saturated rings. The lowest BCUT2D eigenvalue weighted by atomic mass is 9.67. The standard InChI is InChI=1S/C17H24N4S/c1-12(15-5-3-4-10-19-15)20-21(2,17(18)22)16-11-13-6-8-14(16)9-7-13/h3-5,10,13-14,16H,6-9,11H2,1-2H3,(H-,18,22)/p+1/b20-12+. The van der Waals surface area contributed by atoms with Gasteiger partial charge in [0.05, 0.1) is 5.69 Å². The fraction of sp³-hybridized carbons (Fsp3) is 0.588. The average molecular weight is 317 g/mol. The lowest BCUT2D eigenvalue weighted by Crippen LogP contribution is -2.60. The van der Waals surface area contributed by atoms with Gasteiger partial charge in [0.25, 0.3) is 5.11 Å². The first kappa shape index (κ1) is 15.6. The quantitative estimate of drug-likeness (QED) is 0.403. The highest BCUT2D eigenvalue weighted by Gasteiger charge is 2.48. The first-order valence-electron chi connectivity index (χ1n) is 8.15. The Hall–Kier alpha value is -1.33. The van der Waals surface area contributed by atoms with Crippen LogP contribution in [0.25, 0.3) is 0 Å². The molecule has 2 bridgehead atoms. The molecule has 0 aliphatic heterocycles. The van der Waals surface area contributed by atoms with Crippen LogP contribution in [0.4, 0.5) is 0 Å². The lowest BCUT2D eigenvalue weighted by molar-refractivity contribution is -0.860. The van der Waals surface area contributed by atoms with Gasteiger partial charge in [0.1, 0.15) is 18.8 Å². The van der Waals surface area contributed by atoms with Crippen LogP contribution in [0.5, 0.6) is 0 Å². The Morgan fingerprint density at radius 1 is 1.32 bits per heavy atom. The zero-order valence-electron chi connectivity index (χ0n) is 13.4. The fourth-order valence-electron chi connectivity index (χ4n) is 4.18. The fourth-order valence-corrected chi connectivity index (χ4v) is 4.36. The molecule has 22 heavy (non-hydrogen) atoms. The Balaban J connectivity index is 1.93. The molecule has 0 spiro atoms. The molecule has 0 radical (unpaired) electrons. The molecule has 0 aromatic carbocycles. The lowest BCUT2D eigenvalue weighted by Gasteiger charge is -2.47. The highest BCUT2D eigenvalue weighted by atomic mass is 32.1. The summed E-state index contributed by atoms with van der Waals surface area (Å²) in [6.07, 6.45) is 8.30. The van der Waals surface area contributed by atoms with Gasteiger partial charge >= 0.3 is 0 Å². The molecule has 2 N–H and O–H groups in total. The van der Waals surface area contributed by atoms with Crippen LogP contribution < -0.4 is 5.73 Å². The SMILES string of the molecule is C/C(=N\[N+](C)(C(N)=S)C1CC2CCC1CC2)c1ccccn1. The zero-order valence-corrected chi connectivity index (χ0v) is 14.2. The molecule has 4 rings (SSSR count). The third-order valence-electron chi connectivity index (χ3n) is 5.50. The third kappa shape index (κ3) is 2.79. The molecule has 1 heterocycles. The number of aromatic nitrogens is 1. The van der Waals surface area contributed by atoms with Gasteiger partial charge in [0, 0.05) is 30.8 Å². The maximum Gasteiger partial charge on any atom is 0.294 e. The van der Waals surface area contributed by atoms with Gasteiger partial charge in [-0.05, 0) is 50.7 Å². The molecule has 1 aromatic heterocycles. The topological polar surface area (TPSA) is 51.3 Å². The molecule has 3 aliphatic rings. The minimum Gasteiger partial charge on any atom is -0.343 e. The number of fused-ring (bicyclic) bond motifs is 3. The van der Waals surface area contributed by atoms with E-state index in [0.717, 1.165) is 17.3 Å². The van der Waals surface area contributed by atoms with Crippen LogP contribution in [0.3, 0.4) is 0 Å². The predicted molar refractivity (Wildman–Crippen MR) is 93.3 cm³/mol. The number of nitrogens with two attached hydrogens (primary N) is 1. The van der Waals surface area contributed by atoms with Crippen molar-refractivity contribution in [3.8, 4) is 0 Å². The normalized spacial score (nSPS) is 30.8. The molecule has 118 valence electrons. The number of thiocarbonyl (C=S) groups is 1. The van der Waals surface area contributed by atoms with E-state index in [0.29, 0.717) is 21.7 Å². The van der Waals surface area contributed by atoms with Crippen molar-refractivity contribution in [1.82, 2.24) is 4.98 Å². The largest absolute Gasteiger partial charge is 0.343 e. The average Bonchev–Trinajstić information content (AvgIpc) is 2.56. The second-order valence-electron chi connectivity index (χ2n) is 6.85. The molecule has 2 atom stereocenters. The molecule has 1 aromatic rings. The third-order valence-corrected chi connectivity index (χ3v) is 5.87. The van der Waals surface area contributed by atoms with Gasteiger partial charge in [-0.1, -0.05) is 11.2 Å². The summed E-state index contributed by atoms with van der Waals surface area (Å²) in [6, 6.07) is 6.30. The van der Waals surface area contributed by atoms with Crippen molar-refractivity contribution in [2.75, 3.05) is 7.05 Å². The summed E-state index contributed by atoms with van der Waals surface area (Å²) >= 11 is 5.42. The van der Waals surface area contributed by atoms with Gasteiger partial charge in [-0.15, -0.1) is 4.59 Å². The van der Waals surface area contributed by atoms with Crippen molar-refractivity contribution in [3.63, 3.8) is 0 Å². The van der Waals surface area contributed by atoms with Crippen molar-refractivity contribution < 1.29 is 4.59 Å². The Labute approximate surface area is 138 Å². The first-order valence-corrected chi connectivity index (χ1v) is 8.56. The Kier molecular flexibility index (Phi) is 4.28. The summed E-state index contributed by atoms with van der Waals surface area (Å²) in [6.45, 7) is 2.00. The van der Waals surface area contributed by atoms with Gasteiger partial charge in [-0.3, -0.25) is 4.98 Å². The Morgan fingerprint density at radius 2 is 2.05 bits per heavy atom. The maximum absolute atomic E-state index is 6.14. The Bertz CT molecular complexity index is 578. The second-order valence-corrected chi connectivity index (χ2v) is 7.27. The van der Waals surface area contributed by atoms with Crippen LogP contribution in [0.15, 0.2) is 29.5 Å². The van der Waals surface area contributed by atoms with Gasteiger partial charge in [-0.25, -0.2) is 0 Å². The molecule has 3 saturated carbocycles. The van der Waals surface area contributed by atoms with E-state index in [2.05, 4.69) is 12.0 Å². The van der Waals surface area contributed by atoms with Gasteiger partial charge in [0.2, 0.25) is 0 Å². The van der Waals surface area contributed by atoms with Crippen molar-refractivity contribution >= 4 is 23.0 Å². The maximum atomic E-state index is 6.14. The molecule has 3 aliphatic carbocycles. The van der Waals surface area contributed by atoms with Crippen LogP contribution in [0.1, 0.15) is 44.7 Å². The smallest absolute Gasteiger partial charge is 0.294 e. The molecule has 5 heteroatoms. The van der Waals surface area contributed by atoms with E-state index in [1.54, 1.807) is 6.20 Å². The number of hydrogen-bond donors (Lipinski definition) is 1. The van der Waals surface area contributed by atoms with Gasteiger partial charge in [0.15, 0.2) is 0 Å². The minimum absolute atomic E-state index is 0.332. The van der Waals surface area contributed by atoms with Gasteiger partial charge < -0.3 is 5.73 Å². The summed E-state index contributed by atoms with van der Waals surface area (Å²) in [5.41, 5.74) is 7.93. The number of hydrogen-bond acceptors (Lipinski definition) is 3. The summed E-state index contributed by atoms with van der Waals surface area (Å²) in [5.74, 6) is 1.52. The summed E-state index contributed by atoms with van der Waals surface area (Å²) in [4.78, 5) is 4.39. The Morgan fingerprint density at radius 3 is 2.55 bits per heavy atom. The van der Waals surface area contributed by atoms with Gasteiger partial charge in [-0.2, -0.15) is 0 Å². The van der Waals surface area contributed by atoms with Crippen molar-refractivity contribution in [2.45, 2.75) is 45.1 Å². The highest BCUT2D eigenvalue weighted by molar-refractivity contribution is 7.79. The molecule has 0 amide bonds. The van der Waals surface area contributed by atoms with Crippen molar-refractivity contribution in [2.24, 2.45) is 22.7 Å². The second kappa shape index (κ2) is 6.05. The predicted octanol–water partition coefficient (Wildman–Crippen LogP) is 3.07. The van der Waals surface area contributed by atoms with Crippen molar-refractivity contribution in [1.29, 1.82) is 0 Å². The number of quaternary nitrogens is 1. The van der Waals surface area contributed by atoms with Crippen LogP contribution in [-0.4, -0.2) is 33.5 Å². The van der Waals surface area contributed by atoms with Crippen LogP contribution in [-0.2, 0) is 0 Å².